The molecule has 3 aromatic rings. The van der Waals surface area contributed by atoms with E-state index in [1.807, 2.05) is 18.2 Å². The molecule has 1 aliphatic carbocycles. The molecule has 7 heteroatoms. The zero-order chi connectivity index (χ0) is 17.9. The summed E-state index contributed by atoms with van der Waals surface area (Å²) < 4.78 is 13.8. The summed E-state index contributed by atoms with van der Waals surface area (Å²) >= 11 is 2.99. The number of nitrogens with zero attached hydrogens (tertiary/aromatic N) is 2. The lowest BCUT2D eigenvalue weighted by atomic mass is 10.1. The highest BCUT2D eigenvalue weighted by Crippen LogP contribution is 2.48. The van der Waals surface area contributed by atoms with Crippen LogP contribution in [0.25, 0.3) is 0 Å². The molecular weight excluding hydrogens is 369 g/mol. The molecule has 1 saturated carbocycles. The van der Waals surface area contributed by atoms with Crippen LogP contribution in [0.15, 0.2) is 58.9 Å². The van der Waals surface area contributed by atoms with E-state index in [1.165, 1.54) is 29.0 Å². The number of amides is 1. The third-order valence-corrected chi connectivity index (χ3v) is 6.31. The van der Waals surface area contributed by atoms with Crippen LogP contribution in [0.3, 0.4) is 0 Å². The van der Waals surface area contributed by atoms with Crippen LogP contribution in [0.1, 0.15) is 23.5 Å². The first kappa shape index (κ1) is 17.2. The van der Waals surface area contributed by atoms with Crippen molar-refractivity contribution in [1.82, 2.24) is 10.2 Å². The maximum atomic E-state index is 13.0. The average Bonchev–Trinajstić information content (AvgIpc) is 3.35. The number of anilines is 1. The zero-order valence-corrected chi connectivity index (χ0v) is 15.4. The number of carbonyl (C=O) groups is 1. The molecule has 4 rings (SSSR count). The minimum absolute atomic E-state index is 0.0462. The number of hydrogen-bond acceptors (Lipinski definition) is 5. The van der Waals surface area contributed by atoms with Gasteiger partial charge in [-0.25, -0.2) is 4.39 Å². The Morgan fingerprint density at radius 2 is 1.92 bits per heavy atom. The SMILES string of the molecule is O=C(Nc1nnc(SCc2ccccc2)s1)C1CC1c1ccc(F)cc1. The molecule has 2 unspecified atom stereocenters. The summed E-state index contributed by atoms with van der Waals surface area (Å²) in [7, 11) is 0. The van der Waals surface area contributed by atoms with E-state index in [0.717, 1.165) is 22.1 Å². The van der Waals surface area contributed by atoms with Crippen LogP contribution in [0.4, 0.5) is 9.52 Å². The van der Waals surface area contributed by atoms with E-state index < -0.39 is 0 Å². The number of nitrogens with one attached hydrogen (secondary N) is 1. The summed E-state index contributed by atoms with van der Waals surface area (Å²) in [6.07, 6.45) is 0.784. The molecule has 26 heavy (non-hydrogen) atoms. The number of thioether (sulfide) groups is 1. The Morgan fingerprint density at radius 1 is 1.15 bits per heavy atom. The molecule has 4 nitrogen and oxygen atoms in total. The number of hydrogen-bond donors (Lipinski definition) is 1. The average molecular weight is 385 g/mol. The van der Waals surface area contributed by atoms with Crippen molar-refractivity contribution in [3.63, 3.8) is 0 Å². The van der Waals surface area contributed by atoms with Gasteiger partial charge in [-0.15, -0.1) is 10.2 Å². The Labute approximate surface area is 158 Å². The van der Waals surface area contributed by atoms with Gasteiger partial charge >= 0.3 is 0 Å². The van der Waals surface area contributed by atoms with Crippen LogP contribution < -0.4 is 5.32 Å². The standard InChI is InChI=1S/C19H16FN3OS2/c20-14-8-6-13(7-9-14)15-10-16(15)17(24)21-18-22-23-19(26-18)25-11-12-4-2-1-3-5-12/h1-9,15-16H,10-11H2,(H,21,22,24). The summed E-state index contributed by atoms with van der Waals surface area (Å²) in [5.41, 5.74) is 2.22. The topological polar surface area (TPSA) is 54.9 Å². The Hall–Kier alpha value is -2.25. The van der Waals surface area contributed by atoms with Crippen LogP contribution >= 0.6 is 23.1 Å². The van der Waals surface area contributed by atoms with Gasteiger partial charge in [0.25, 0.3) is 0 Å². The molecule has 0 bridgehead atoms. The van der Waals surface area contributed by atoms with Gasteiger partial charge in [0.2, 0.25) is 11.0 Å². The minimum atomic E-state index is -0.259. The first-order chi connectivity index (χ1) is 12.7. The van der Waals surface area contributed by atoms with E-state index >= 15 is 0 Å². The van der Waals surface area contributed by atoms with E-state index in [1.54, 1.807) is 23.9 Å². The van der Waals surface area contributed by atoms with Gasteiger partial charge in [0.05, 0.1) is 0 Å². The van der Waals surface area contributed by atoms with Gasteiger partial charge in [0, 0.05) is 11.7 Å². The lowest BCUT2D eigenvalue weighted by Gasteiger charge is -2.01. The molecule has 0 spiro atoms. The maximum Gasteiger partial charge on any atom is 0.229 e. The Morgan fingerprint density at radius 3 is 2.69 bits per heavy atom. The molecule has 132 valence electrons. The number of rotatable bonds is 6. The number of aromatic nitrogens is 2. The Balaban J connectivity index is 1.30. The molecule has 1 aliphatic rings. The smallest absolute Gasteiger partial charge is 0.229 e. The highest BCUT2D eigenvalue weighted by atomic mass is 32.2. The first-order valence-electron chi connectivity index (χ1n) is 8.25. The molecule has 2 atom stereocenters. The summed E-state index contributed by atoms with van der Waals surface area (Å²) in [5, 5.41) is 11.6. The zero-order valence-electron chi connectivity index (χ0n) is 13.8. The van der Waals surface area contributed by atoms with Gasteiger partial charge < -0.3 is 5.32 Å². The maximum absolute atomic E-state index is 13.0. The molecule has 1 aromatic heterocycles. The minimum Gasteiger partial charge on any atom is -0.300 e. The Kier molecular flexibility index (Phi) is 4.99. The molecule has 1 heterocycles. The second kappa shape index (κ2) is 7.55. The summed E-state index contributed by atoms with van der Waals surface area (Å²) in [4.78, 5) is 12.4. The van der Waals surface area contributed by atoms with Gasteiger partial charge in [0.1, 0.15) is 5.82 Å². The fourth-order valence-corrected chi connectivity index (χ4v) is 4.51. The van der Waals surface area contributed by atoms with Crippen LogP contribution in [-0.4, -0.2) is 16.1 Å². The summed E-state index contributed by atoms with van der Waals surface area (Å²) in [6, 6.07) is 16.5. The van der Waals surface area contributed by atoms with Gasteiger partial charge in [0.15, 0.2) is 4.34 Å². The Bertz CT molecular complexity index is 899. The predicted molar refractivity (Wildman–Crippen MR) is 102 cm³/mol. The van der Waals surface area contributed by atoms with Crippen molar-refractivity contribution in [3.05, 3.63) is 71.5 Å². The molecule has 1 N–H and O–H groups in total. The van der Waals surface area contributed by atoms with Gasteiger partial charge in [-0.3, -0.25) is 4.79 Å². The number of halogens is 1. The third kappa shape index (κ3) is 4.11. The van der Waals surface area contributed by atoms with Crippen molar-refractivity contribution in [1.29, 1.82) is 0 Å². The highest BCUT2D eigenvalue weighted by molar-refractivity contribution is 8.00. The van der Waals surface area contributed by atoms with Gasteiger partial charge in [-0.2, -0.15) is 0 Å². The normalized spacial score (nSPS) is 18.5. The molecule has 0 radical (unpaired) electrons. The van der Waals surface area contributed by atoms with Crippen molar-refractivity contribution in [2.75, 3.05) is 5.32 Å². The predicted octanol–water partition coefficient (Wildman–Crippen LogP) is 4.71. The molecule has 0 saturated heterocycles. The van der Waals surface area contributed by atoms with Gasteiger partial charge in [-0.1, -0.05) is 65.6 Å². The second-order valence-corrected chi connectivity index (χ2v) is 8.34. The number of carbonyl (C=O) groups excluding carboxylic acids is 1. The second-order valence-electron chi connectivity index (χ2n) is 6.14. The van der Waals surface area contributed by atoms with Crippen LogP contribution in [0.5, 0.6) is 0 Å². The van der Waals surface area contributed by atoms with Crippen LogP contribution in [0.2, 0.25) is 0 Å². The van der Waals surface area contributed by atoms with Crippen molar-refractivity contribution >= 4 is 34.1 Å². The van der Waals surface area contributed by atoms with Crippen molar-refractivity contribution in [2.45, 2.75) is 22.4 Å². The van der Waals surface area contributed by atoms with Crippen molar-refractivity contribution in [2.24, 2.45) is 5.92 Å². The molecule has 1 amide bonds. The quantitative estimate of drug-likeness (QED) is 0.493. The van der Waals surface area contributed by atoms with E-state index in [9.17, 15) is 9.18 Å². The van der Waals surface area contributed by atoms with Crippen molar-refractivity contribution in [3.8, 4) is 0 Å². The van der Waals surface area contributed by atoms with Crippen LogP contribution in [0, 0.1) is 11.7 Å². The van der Waals surface area contributed by atoms with E-state index in [4.69, 9.17) is 0 Å². The van der Waals surface area contributed by atoms with E-state index in [-0.39, 0.29) is 23.6 Å². The summed E-state index contributed by atoms with van der Waals surface area (Å²) in [5.74, 6) is 0.596. The third-order valence-electron chi connectivity index (χ3n) is 4.27. The number of benzene rings is 2. The first-order valence-corrected chi connectivity index (χ1v) is 10.1. The van der Waals surface area contributed by atoms with E-state index in [0.29, 0.717) is 5.13 Å². The monoisotopic (exact) mass is 385 g/mol. The molecule has 2 aromatic carbocycles. The molecule has 0 aliphatic heterocycles. The lowest BCUT2D eigenvalue weighted by molar-refractivity contribution is -0.117. The largest absolute Gasteiger partial charge is 0.300 e. The van der Waals surface area contributed by atoms with Crippen molar-refractivity contribution < 1.29 is 9.18 Å². The summed E-state index contributed by atoms with van der Waals surface area (Å²) in [6.45, 7) is 0. The molecular formula is C19H16FN3OS2. The van der Waals surface area contributed by atoms with E-state index in [2.05, 4.69) is 27.6 Å². The fourth-order valence-electron chi connectivity index (χ4n) is 2.80. The molecule has 1 fully saturated rings. The fraction of sp³-hybridized carbons (Fsp3) is 0.211. The lowest BCUT2D eigenvalue weighted by Crippen LogP contribution is -2.14. The van der Waals surface area contributed by atoms with Crippen LogP contribution in [-0.2, 0) is 10.5 Å². The highest BCUT2D eigenvalue weighted by Gasteiger charge is 2.44. The van der Waals surface area contributed by atoms with Gasteiger partial charge in [-0.05, 0) is 35.6 Å².